The van der Waals surface area contributed by atoms with Gasteiger partial charge in [0.15, 0.2) is 5.00 Å². The number of rotatable bonds is 2. The van der Waals surface area contributed by atoms with Crippen molar-refractivity contribution >= 4 is 22.9 Å². The molecule has 0 aliphatic carbocycles. The van der Waals surface area contributed by atoms with E-state index in [9.17, 15) is 0 Å². The van der Waals surface area contributed by atoms with Crippen LogP contribution in [0.1, 0.15) is 16.4 Å². The molecule has 0 N–H and O–H groups in total. The maximum atomic E-state index is 6.96. The molecular formula is C15H14ClNS. The number of hydrogen-bond acceptors (Lipinski definition) is 2. The van der Waals surface area contributed by atoms with E-state index in [1.54, 1.807) is 11.3 Å². The normalized spacial score (nSPS) is 26.8. The van der Waals surface area contributed by atoms with Gasteiger partial charge in [0.25, 0.3) is 0 Å². The van der Waals surface area contributed by atoms with Crippen LogP contribution in [-0.2, 0) is 5.00 Å². The zero-order valence-corrected chi connectivity index (χ0v) is 11.7. The first-order valence-electron chi connectivity index (χ1n) is 5.92. The predicted molar refractivity (Wildman–Crippen MR) is 77.9 cm³/mol. The van der Waals surface area contributed by atoms with E-state index in [0.717, 1.165) is 0 Å². The molecule has 3 rings (SSSR count). The molecule has 92 valence electrons. The number of thiophene rings is 1. The standard InChI is InChI=1S/C15H14ClNS/c1-17-10-9-13(12-6-3-2-4-7-12)15(17,16)14-8-5-11-18-14/h2-11,13H,1H3. The number of hydrogen-bond donors (Lipinski definition) is 0. The Kier molecular flexibility index (Phi) is 2.92. The average Bonchev–Trinajstić information content (AvgIpc) is 3.01. The first-order valence-corrected chi connectivity index (χ1v) is 7.18. The van der Waals surface area contributed by atoms with Gasteiger partial charge in [0.2, 0.25) is 0 Å². The minimum Gasteiger partial charge on any atom is -0.357 e. The van der Waals surface area contributed by atoms with Gasteiger partial charge in [0, 0.05) is 17.8 Å². The van der Waals surface area contributed by atoms with E-state index in [-0.39, 0.29) is 5.92 Å². The lowest BCUT2D eigenvalue weighted by atomic mass is 9.91. The van der Waals surface area contributed by atoms with Gasteiger partial charge >= 0.3 is 0 Å². The molecule has 2 unspecified atom stereocenters. The Morgan fingerprint density at radius 1 is 1.17 bits per heavy atom. The highest BCUT2D eigenvalue weighted by Gasteiger charge is 2.45. The number of likely N-dealkylation sites (N-methyl/N-ethyl adjacent to an activating group) is 1. The average molecular weight is 276 g/mol. The maximum Gasteiger partial charge on any atom is 0.159 e. The molecule has 0 bridgehead atoms. The monoisotopic (exact) mass is 275 g/mol. The van der Waals surface area contributed by atoms with Crippen molar-refractivity contribution in [1.82, 2.24) is 4.90 Å². The second-order valence-electron chi connectivity index (χ2n) is 4.49. The zero-order chi connectivity index (χ0) is 12.6. The van der Waals surface area contributed by atoms with E-state index in [2.05, 4.69) is 59.0 Å². The highest BCUT2D eigenvalue weighted by molar-refractivity contribution is 7.10. The summed E-state index contributed by atoms with van der Waals surface area (Å²) in [5.41, 5.74) is 1.25. The summed E-state index contributed by atoms with van der Waals surface area (Å²) in [6.07, 6.45) is 4.26. The summed E-state index contributed by atoms with van der Waals surface area (Å²) < 4.78 is 0. The lowest BCUT2D eigenvalue weighted by Crippen LogP contribution is -2.35. The predicted octanol–water partition coefficient (Wildman–Crippen LogP) is 4.38. The largest absolute Gasteiger partial charge is 0.357 e. The fourth-order valence-electron chi connectivity index (χ4n) is 2.47. The van der Waals surface area contributed by atoms with Crippen molar-refractivity contribution in [3.05, 3.63) is 70.6 Å². The molecule has 18 heavy (non-hydrogen) atoms. The maximum absolute atomic E-state index is 6.96. The van der Waals surface area contributed by atoms with Gasteiger partial charge in [-0.15, -0.1) is 11.3 Å². The van der Waals surface area contributed by atoms with Crippen molar-refractivity contribution in [2.45, 2.75) is 10.9 Å². The minimum atomic E-state index is -0.491. The molecule has 1 aliphatic heterocycles. The molecular weight excluding hydrogens is 262 g/mol. The summed E-state index contributed by atoms with van der Waals surface area (Å²) in [5.74, 6) is 0.184. The molecule has 2 atom stereocenters. The second kappa shape index (κ2) is 4.45. The van der Waals surface area contributed by atoms with Gasteiger partial charge in [-0.3, -0.25) is 0 Å². The summed E-state index contributed by atoms with van der Waals surface area (Å²) in [4.78, 5) is 2.79. The van der Waals surface area contributed by atoms with Crippen molar-refractivity contribution < 1.29 is 0 Å². The second-order valence-corrected chi connectivity index (χ2v) is 6.02. The van der Waals surface area contributed by atoms with Crippen LogP contribution in [0.25, 0.3) is 0 Å². The van der Waals surface area contributed by atoms with Crippen LogP contribution in [0.5, 0.6) is 0 Å². The summed E-state index contributed by atoms with van der Waals surface area (Å²) >= 11 is 8.67. The molecule has 0 amide bonds. The fourth-order valence-corrected chi connectivity index (χ4v) is 3.82. The Morgan fingerprint density at radius 3 is 2.61 bits per heavy atom. The Morgan fingerprint density at radius 2 is 1.94 bits per heavy atom. The van der Waals surface area contributed by atoms with Crippen LogP contribution < -0.4 is 0 Å². The molecule has 1 nitrogen and oxygen atoms in total. The Hall–Kier alpha value is -1.25. The van der Waals surface area contributed by atoms with Crippen LogP contribution in [-0.4, -0.2) is 11.9 Å². The summed E-state index contributed by atoms with van der Waals surface area (Å²) in [7, 11) is 2.03. The van der Waals surface area contributed by atoms with Crippen LogP contribution in [0.4, 0.5) is 0 Å². The smallest absolute Gasteiger partial charge is 0.159 e. The fraction of sp³-hybridized carbons (Fsp3) is 0.200. The number of benzene rings is 1. The number of nitrogens with zero attached hydrogens (tertiary/aromatic N) is 1. The minimum absolute atomic E-state index is 0.184. The Balaban J connectivity index is 2.07. The van der Waals surface area contributed by atoms with E-state index >= 15 is 0 Å². The molecule has 2 heterocycles. The Bertz CT molecular complexity index is 549. The highest BCUT2D eigenvalue weighted by Crippen LogP contribution is 2.50. The van der Waals surface area contributed by atoms with Crippen molar-refractivity contribution in [2.75, 3.05) is 7.05 Å². The highest BCUT2D eigenvalue weighted by atomic mass is 35.5. The third-order valence-electron chi connectivity index (χ3n) is 3.45. The van der Waals surface area contributed by atoms with Crippen molar-refractivity contribution in [3.63, 3.8) is 0 Å². The third kappa shape index (κ3) is 1.68. The molecule has 0 saturated carbocycles. The quantitative estimate of drug-likeness (QED) is 0.581. The zero-order valence-electron chi connectivity index (χ0n) is 10.1. The Labute approximate surface area is 116 Å². The van der Waals surface area contributed by atoms with Crippen LogP contribution in [0, 0.1) is 0 Å². The van der Waals surface area contributed by atoms with E-state index in [1.807, 2.05) is 13.1 Å². The van der Waals surface area contributed by atoms with Gasteiger partial charge in [0.05, 0.1) is 0 Å². The number of alkyl halides is 1. The summed E-state index contributed by atoms with van der Waals surface area (Å²) in [5, 5.41) is 2.08. The van der Waals surface area contributed by atoms with E-state index in [1.165, 1.54) is 10.4 Å². The molecule has 1 aromatic heterocycles. The van der Waals surface area contributed by atoms with Gasteiger partial charge in [0.1, 0.15) is 0 Å². The van der Waals surface area contributed by atoms with Gasteiger partial charge in [-0.1, -0.05) is 54.1 Å². The topological polar surface area (TPSA) is 3.24 Å². The first-order chi connectivity index (χ1) is 8.73. The SMILES string of the molecule is CN1C=CC(c2ccccc2)C1(Cl)c1cccs1. The van der Waals surface area contributed by atoms with Crippen molar-refractivity contribution in [2.24, 2.45) is 0 Å². The molecule has 1 aromatic carbocycles. The van der Waals surface area contributed by atoms with Crippen molar-refractivity contribution in [3.8, 4) is 0 Å². The van der Waals surface area contributed by atoms with E-state index in [0.29, 0.717) is 0 Å². The van der Waals surface area contributed by atoms with Gasteiger partial charge in [-0.25, -0.2) is 0 Å². The molecule has 2 aromatic rings. The molecule has 0 radical (unpaired) electrons. The van der Waals surface area contributed by atoms with Crippen LogP contribution in [0.3, 0.4) is 0 Å². The number of halogens is 1. The van der Waals surface area contributed by atoms with E-state index < -0.39 is 5.00 Å². The lowest BCUT2D eigenvalue weighted by molar-refractivity contribution is 0.295. The van der Waals surface area contributed by atoms with Gasteiger partial charge < -0.3 is 4.90 Å². The van der Waals surface area contributed by atoms with E-state index in [4.69, 9.17) is 11.6 Å². The molecule has 0 spiro atoms. The summed E-state index contributed by atoms with van der Waals surface area (Å²) in [6, 6.07) is 14.6. The van der Waals surface area contributed by atoms with Crippen molar-refractivity contribution in [1.29, 1.82) is 0 Å². The lowest BCUT2D eigenvalue weighted by Gasteiger charge is -2.35. The molecule has 0 saturated heterocycles. The van der Waals surface area contributed by atoms with Crippen LogP contribution >= 0.6 is 22.9 Å². The molecule has 0 fully saturated rings. The van der Waals surface area contributed by atoms with Crippen LogP contribution in [0.15, 0.2) is 60.1 Å². The van der Waals surface area contributed by atoms with Gasteiger partial charge in [-0.05, 0) is 23.2 Å². The summed E-state index contributed by atoms with van der Waals surface area (Å²) in [6.45, 7) is 0. The molecule has 3 heteroatoms. The third-order valence-corrected chi connectivity index (χ3v) is 5.26. The first kappa shape index (κ1) is 11.8. The van der Waals surface area contributed by atoms with Crippen LogP contribution in [0.2, 0.25) is 0 Å². The molecule has 1 aliphatic rings. The van der Waals surface area contributed by atoms with Gasteiger partial charge in [-0.2, -0.15) is 0 Å².